The minimum Gasteiger partial charge on any atom is -0.493 e. The molecule has 0 aliphatic heterocycles. The van der Waals surface area contributed by atoms with E-state index < -0.39 is 0 Å². The summed E-state index contributed by atoms with van der Waals surface area (Å²) in [6.45, 7) is 8.16. The molecule has 0 fully saturated rings. The summed E-state index contributed by atoms with van der Waals surface area (Å²) in [5, 5.41) is 5.29. The van der Waals surface area contributed by atoms with Crippen LogP contribution in [0.1, 0.15) is 30.7 Å². The Morgan fingerprint density at radius 1 is 1.15 bits per heavy atom. The number of aromatic amines is 1. The van der Waals surface area contributed by atoms with Crippen LogP contribution in [-0.4, -0.2) is 32.9 Å². The minimum atomic E-state index is 0. The average molecular weight is 511 g/mol. The van der Waals surface area contributed by atoms with Crippen LogP contribution in [0, 0.1) is 12.8 Å². The van der Waals surface area contributed by atoms with Crippen molar-refractivity contribution in [2.24, 2.45) is 11.7 Å². The quantitative estimate of drug-likeness (QED) is 0.313. The Hall–Kier alpha value is -2.25. The lowest BCUT2D eigenvalue weighted by Crippen LogP contribution is -2.09. The Balaban J connectivity index is 0.00000193. The highest BCUT2D eigenvalue weighted by molar-refractivity contribution is 6.30. The summed E-state index contributed by atoms with van der Waals surface area (Å²) >= 11 is 6.26. The number of aromatic nitrogens is 4. The smallest absolute Gasteiger partial charge is 0.141 e. The summed E-state index contributed by atoms with van der Waals surface area (Å²) in [4.78, 5) is 8.20. The highest BCUT2D eigenvalue weighted by Gasteiger charge is 2.15. The van der Waals surface area contributed by atoms with E-state index in [0.717, 1.165) is 45.8 Å². The van der Waals surface area contributed by atoms with Gasteiger partial charge >= 0.3 is 0 Å². The van der Waals surface area contributed by atoms with Gasteiger partial charge in [-0.1, -0.05) is 31.5 Å². The van der Waals surface area contributed by atoms with Crippen molar-refractivity contribution >= 4 is 47.4 Å². The molecule has 3 N–H and O–H groups in total. The molecule has 0 radical (unpaired) electrons. The number of hydrogen-bond donors (Lipinski definition) is 2. The van der Waals surface area contributed by atoms with E-state index in [0.29, 0.717) is 30.6 Å². The zero-order chi connectivity index (χ0) is 22.0. The van der Waals surface area contributed by atoms with Gasteiger partial charge in [0.1, 0.15) is 11.6 Å². The monoisotopic (exact) mass is 509 g/mol. The van der Waals surface area contributed by atoms with E-state index in [2.05, 4.69) is 49.1 Å². The van der Waals surface area contributed by atoms with Gasteiger partial charge in [-0.2, -0.15) is 5.10 Å². The van der Waals surface area contributed by atoms with Crippen LogP contribution in [0.3, 0.4) is 0 Å². The predicted octanol–water partition coefficient (Wildman–Crippen LogP) is 5.82. The second-order valence-electron chi connectivity index (χ2n) is 8.23. The molecule has 2 aromatic carbocycles. The largest absolute Gasteiger partial charge is 0.493 e. The topological polar surface area (TPSA) is 81.8 Å². The van der Waals surface area contributed by atoms with Gasteiger partial charge in [-0.25, -0.2) is 4.98 Å². The fraction of sp³-hybridized carbons (Fsp3) is 0.333. The van der Waals surface area contributed by atoms with E-state index in [1.165, 1.54) is 5.56 Å². The first-order chi connectivity index (χ1) is 14.9. The number of hydrogen-bond acceptors (Lipinski definition) is 4. The molecule has 0 atom stereocenters. The van der Waals surface area contributed by atoms with Crippen molar-refractivity contribution < 1.29 is 4.74 Å². The number of benzene rings is 2. The Kier molecular flexibility index (Phi) is 9.61. The van der Waals surface area contributed by atoms with Crippen molar-refractivity contribution in [3.63, 3.8) is 0 Å². The molecule has 6 nitrogen and oxygen atoms in total. The molecular weight excluding hydrogens is 481 g/mol. The van der Waals surface area contributed by atoms with Gasteiger partial charge in [-0.15, -0.1) is 24.8 Å². The number of nitrogens with two attached hydrogens (primary N) is 1. The van der Waals surface area contributed by atoms with E-state index >= 15 is 0 Å². The molecule has 0 spiro atoms. The third-order valence-corrected chi connectivity index (χ3v) is 5.49. The molecule has 33 heavy (non-hydrogen) atoms. The lowest BCUT2D eigenvalue weighted by molar-refractivity contribution is 0.268. The van der Waals surface area contributed by atoms with Gasteiger partial charge in [0, 0.05) is 16.3 Å². The van der Waals surface area contributed by atoms with Crippen LogP contribution >= 0.6 is 36.4 Å². The van der Waals surface area contributed by atoms with Crippen LogP contribution in [0.4, 0.5) is 0 Å². The number of rotatable bonds is 8. The summed E-state index contributed by atoms with van der Waals surface area (Å²) < 4.78 is 7.96. The van der Waals surface area contributed by atoms with E-state index in [-0.39, 0.29) is 24.8 Å². The maximum absolute atomic E-state index is 6.26. The SMILES string of the molecule is Cc1c(-c2nc3cc(CCN)ccc3[nH]2)cnn1Cc1cc(Cl)ccc1OCC(C)C.Cl.Cl. The molecule has 0 aliphatic rings. The lowest BCUT2D eigenvalue weighted by Gasteiger charge is -2.14. The fourth-order valence-corrected chi connectivity index (χ4v) is 3.76. The number of H-pyrrole nitrogens is 1. The van der Waals surface area contributed by atoms with Gasteiger partial charge in [0.2, 0.25) is 0 Å². The first kappa shape index (κ1) is 27.0. The highest BCUT2D eigenvalue weighted by Crippen LogP contribution is 2.28. The molecule has 178 valence electrons. The fourth-order valence-electron chi connectivity index (χ4n) is 3.57. The second-order valence-corrected chi connectivity index (χ2v) is 8.67. The van der Waals surface area contributed by atoms with Crippen molar-refractivity contribution in [2.75, 3.05) is 13.2 Å². The Morgan fingerprint density at radius 2 is 1.94 bits per heavy atom. The molecule has 4 aromatic rings. The first-order valence-electron chi connectivity index (χ1n) is 10.6. The second kappa shape index (κ2) is 11.7. The molecule has 0 saturated carbocycles. The maximum atomic E-state index is 6.26. The van der Waals surface area contributed by atoms with Crippen molar-refractivity contribution in [1.82, 2.24) is 19.7 Å². The summed E-state index contributed by atoms with van der Waals surface area (Å²) in [5.74, 6) is 2.09. The van der Waals surface area contributed by atoms with Crippen molar-refractivity contribution in [3.8, 4) is 17.1 Å². The van der Waals surface area contributed by atoms with Crippen LogP contribution in [0.2, 0.25) is 5.02 Å². The van der Waals surface area contributed by atoms with Gasteiger partial charge in [-0.05, 0) is 61.7 Å². The number of imidazole rings is 1. The summed E-state index contributed by atoms with van der Waals surface area (Å²) in [6, 6.07) is 12.0. The standard InChI is InChI=1S/C24H28ClN5O.2ClH/c1-15(2)14-31-23-7-5-19(25)11-18(23)13-30-16(3)20(12-27-30)24-28-21-6-4-17(8-9-26)10-22(21)29-24;;/h4-7,10-12,15H,8-9,13-14,26H2,1-3H3,(H,28,29);2*1H. The number of halogens is 3. The molecule has 0 saturated heterocycles. The Bertz CT molecular complexity index is 1200. The minimum absolute atomic E-state index is 0. The zero-order valence-corrected chi connectivity index (χ0v) is 21.4. The molecule has 4 rings (SSSR count). The maximum Gasteiger partial charge on any atom is 0.141 e. The summed E-state index contributed by atoms with van der Waals surface area (Å²) in [6.07, 6.45) is 2.70. The highest BCUT2D eigenvalue weighted by atomic mass is 35.5. The van der Waals surface area contributed by atoms with E-state index in [4.69, 9.17) is 27.1 Å². The summed E-state index contributed by atoms with van der Waals surface area (Å²) in [5.41, 5.74) is 11.8. The molecule has 2 aromatic heterocycles. The van der Waals surface area contributed by atoms with Crippen LogP contribution in [0.15, 0.2) is 42.6 Å². The zero-order valence-electron chi connectivity index (χ0n) is 19.0. The van der Waals surface area contributed by atoms with Crippen molar-refractivity contribution in [2.45, 2.75) is 33.7 Å². The number of nitrogens with one attached hydrogen (secondary N) is 1. The van der Waals surface area contributed by atoms with Gasteiger partial charge in [0.25, 0.3) is 0 Å². The van der Waals surface area contributed by atoms with Crippen LogP contribution in [0.5, 0.6) is 5.75 Å². The molecule has 9 heteroatoms. The molecule has 0 aliphatic carbocycles. The van der Waals surface area contributed by atoms with E-state index in [1.807, 2.05) is 29.1 Å². The predicted molar refractivity (Wildman–Crippen MR) is 140 cm³/mol. The Labute approximate surface area is 211 Å². The van der Waals surface area contributed by atoms with Crippen molar-refractivity contribution in [1.29, 1.82) is 0 Å². The molecule has 2 heterocycles. The van der Waals surface area contributed by atoms with Gasteiger partial charge < -0.3 is 15.5 Å². The Morgan fingerprint density at radius 3 is 2.67 bits per heavy atom. The molecule has 0 amide bonds. The molecular formula is C24H30Cl3N5O. The molecule has 0 bridgehead atoms. The van der Waals surface area contributed by atoms with Gasteiger partial charge in [-0.3, -0.25) is 4.68 Å². The van der Waals surface area contributed by atoms with Crippen LogP contribution < -0.4 is 10.5 Å². The number of ether oxygens (including phenoxy) is 1. The van der Waals surface area contributed by atoms with E-state index in [9.17, 15) is 0 Å². The van der Waals surface area contributed by atoms with E-state index in [1.54, 1.807) is 0 Å². The summed E-state index contributed by atoms with van der Waals surface area (Å²) in [7, 11) is 0. The van der Waals surface area contributed by atoms with Crippen LogP contribution in [0.25, 0.3) is 22.4 Å². The number of nitrogens with zero attached hydrogens (tertiary/aromatic N) is 3. The third kappa shape index (κ3) is 6.21. The number of fused-ring (bicyclic) bond motifs is 1. The normalized spacial score (nSPS) is 10.8. The first-order valence-corrected chi connectivity index (χ1v) is 10.9. The van der Waals surface area contributed by atoms with Crippen molar-refractivity contribution in [3.05, 3.63) is 64.4 Å². The molecule has 0 unspecified atom stereocenters. The van der Waals surface area contributed by atoms with Crippen LogP contribution in [-0.2, 0) is 13.0 Å². The third-order valence-electron chi connectivity index (χ3n) is 5.25. The average Bonchev–Trinajstić information content (AvgIpc) is 3.30. The van der Waals surface area contributed by atoms with Gasteiger partial charge in [0.05, 0.1) is 35.9 Å². The lowest BCUT2D eigenvalue weighted by atomic mass is 10.1. The van der Waals surface area contributed by atoms with Gasteiger partial charge in [0.15, 0.2) is 0 Å².